The Labute approximate surface area is 135 Å². The average Bonchev–Trinajstić information content (AvgIpc) is 2.91. The molecule has 1 fully saturated rings. The van der Waals surface area contributed by atoms with E-state index in [1.54, 1.807) is 13.0 Å². The molecule has 21 heavy (non-hydrogen) atoms. The maximum Gasteiger partial charge on any atom is 0.262 e. The van der Waals surface area contributed by atoms with E-state index >= 15 is 0 Å². The predicted molar refractivity (Wildman–Crippen MR) is 81.4 cm³/mol. The molecule has 112 valence electrons. The third-order valence-electron chi connectivity index (χ3n) is 3.71. The van der Waals surface area contributed by atoms with Crippen molar-refractivity contribution in [1.29, 1.82) is 0 Å². The first kappa shape index (κ1) is 14.8. The predicted octanol–water partition coefficient (Wildman–Crippen LogP) is 3.19. The Bertz CT molecular complexity index is 662. The van der Waals surface area contributed by atoms with Crippen LogP contribution in [0.25, 0.3) is 0 Å². The van der Waals surface area contributed by atoms with Crippen LogP contribution < -0.4 is 15.4 Å². The van der Waals surface area contributed by atoms with E-state index in [2.05, 4.69) is 10.6 Å². The standard InChI is InChI=1S/C13H11Cl3N2O3/c1-12(5-13(12,15)16)11(20)18-7-3-9-8(2-6(7)14)17-10(19)4-21-9/h2-3H,4-5H2,1H3,(H,17,19)(H,18,20)/t12-/m1/s1. The second-order valence-corrected chi connectivity index (χ2v) is 7.22. The third-order valence-corrected chi connectivity index (χ3v) is 5.12. The number of carbonyl (C=O) groups excluding carboxylic acids is 2. The van der Waals surface area contributed by atoms with Crippen molar-refractivity contribution < 1.29 is 14.3 Å². The molecular formula is C13H11Cl3N2O3. The molecule has 0 unspecified atom stereocenters. The van der Waals surface area contributed by atoms with Crippen LogP contribution >= 0.6 is 34.8 Å². The number of alkyl halides is 2. The van der Waals surface area contributed by atoms with Gasteiger partial charge < -0.3 is 15.4 Å². The lowest BCUT2D eigenvalue weighted by molar-refractivity contribution is -0.120. The average molecular weight is 350 g/mol. The van der Waals surface area contributed by atoms with Gasteiger partial charge in [0, 0.05) is 6.07 Å². The van der Waals surface area contributed by atoms with Crippen LogP contribution in [0.3, 0.4) is 0 Å². The van der Waals surface area contributed by atoms with Gasteiger partial charge in [-0.3, -0.25) is 9.59 Å². The van der Waals surface area contributed by atoms with E-state index in [1.807, 2.05) is 0 Å². The Morgan fingerprint density at radius 2 is 2.10 bits per heavy atom. The fraction of sp³-hybridized carbons (Fsp3) is 0.385. The van der Waals surface area contributed by atoms with E-state index in [0.29, 0.717) is 23.5 Å². The molecule has 0 spiro atoms. The lowest BCUT2D eigenvalue weighted by atomic mass is 10.1. The summed E-state index contributed by atoms with van der Waals surface area (Å²) in [4.78, 5) is 23.5. The number of carbonyl (C=O) groups is 2. The van der Waals surface area contributed by atoms with Crippen molar-refractivity contribution in [3.63, 3.8) is 0 Å². The van der Waals surface area contributed by atoms with Crippen LogP contribution in [0.2, 0.25) is 5.02 Å². The number of rotatable bonds is 2. The number of nitrogens with one attached hydrogen (secondary N) is 2. The van der Waals surface area contributed by atoms with Gasteiger partial charge in [0.05, 0.1) is 21.8 Å². The quantitative estimate of drug-likeness (QED) is 0.806. The van der Waals surface area contributed by atoms with Crippen LogP contribution in [0.5, 0.6) is 5.75 Å². The van der Waals surface area contributed by atoms with E-state index < -0.39 is 9.75 Å². The topological polar surface area (TPSA) is 67.4 Å². The summed E-state index contributed by atoms with van der Waals surface area (Å²) in [6, 6.07) is 3.08. The Kier molecular flexibility index (Phi) is 3.28. The molecule has 1 atom stereocenters. The Balaban J connectivity index is 1.84. The Morgan fingerprint density at radius 3 is 2.71 bits per heavy atom. The summed E-state index contributed by atoms with van der Waals surface area (Å²) < 4.78 is 4.23. The number of halogens is 3. The zero-order chi connectivity index (χ0) is 15.4. The van der Waals surface area contributed by atoms with Gasteiger partial charge in [-0.15, -0.1) is 23.2 Å². The van der Waals surface area contributed by atoms with Crippen LogP contribution in [0.15, 0.2) is 12.1 Å². The molecule has 3 rings (SSSR count). The molecule has 5 nitrogen and oxygen atoms in total. The van der Waals surface area contributed by atoms with Crippen LogP contribution in [0.4, 0.5) is 11.4 Å². The van der Waals surface area contributed by atoms with Crippen molar-refractivity contribution in [2.75, 3.05) is 17.2 Å². The summed E-state index contributed by atoms with van der Waals surface area (Å²) in [6.45, 7) is 1.61. The van der Waals surface area contributed by atoms with Crippen molar-refractivity contribution in [3.8, 4) is 5.75 Å². The molecule has 0 bridgehead atoms. The number of hydrogen-bond donors (Lipinski definition) is 2. The second kappa shape index (κ2) is 4.66. The van der Waals surface area contributed by atoms with E-state index in [9.17, 15) is 9.59 Å². The van der Waals surface area contributed by atoms with Gasteiger partial charge in [0.25, 0.3) is 5.91 Å². The highest BCUT2D eigenvalue weighted by Crippen LogP contribution is 2.64. The van der Waals surface area contributed by atoms with Gasteiger partial charge in [0.2, 0.25) is 5.91 Å². The molecule has 1 saturated carbocycles. The van der Waals surface area contributed by atoms with Crippen molar-refractivity contribution in [2.24, 2.45) is 5.41 Å². The Hall–Kier alpha value is -1.17. The second-order valence-electron chi connectivity index (χ2n) is 5.33. The highest BCUT2D eigenvalue weighted by molar-refractivity contribution is 6.53. The first-order valence-electron chi connectivity index (χ1n) is 6.18. The highest BCUT2D eigenvalue weighted by Gasteiger charge is 2.67. The molecule has 1 aliphatic carbocycles. The molecule has 1 aromatic rings. The van der Waals surface area contributed by atoms with Gasteiger partial charge in [0.1, 0.15) is 10.1 Å². The Morgan fingerprint density at radius 1 is 1.43 bits per heavy atom. The number of amides is 2. The van der Waals surface area contributed by atoms with Crippen LogP contribution in [0.1, 0.15) is 13.3 Å². The number of hydrogen-bond acceptors (Lipinski definition) is 3. The SMILES string of the molecule is C[C@]1(C(=O)Nc2cc3c(cc2Cl)NC(=O)CO3)CC1(Cl)Cl. The number of benzene rings is 1. The van der Waals surface area contributed by atoms with E-state index in [4.69, 9.17) is 39.5 Å². The summed E-state index contributed by atoms with van der Waals surface area (Å²) in [7, 11) is 0. The van der Waals surface area contributed by atoms with Gasteiger partial charge in [-0.2, -0.15) is 0 Å². The fourth-order valence-electron chi connectivity index (χ4n) is 2.10. The largest absolute Gasteiger partial charge is 0.482 e. The number of ether oxygens (including phenoxy) is 1. The molecular weight excluding hydrogens is 339 g/mol. The van der Waals surface area contributed by atoms with Crippen LogP contribution in [-0.2, 0) is 9.59 Å². The summed E-state index contributed by atoms with van der Waals surface area (Å²) in [5, 5.41) is 5.61. The summed E-state index contributed by atoms with van der Waals surface area (Å²) >= 11 is 18.1. The number of anilines is 2. The van der Waals surface area contributed by atoms with Gasteiger partial charge >= 0.3 is 0 Å². The van der Waals surface area contributed by atoms with Gasteiger partial charge in [-0.1, -0.05) is 11.6 Å². The molecule has 2 N–H and O–H groups in total. The lowest BCUT2D eigenvalue weighted by Gasteiger charge is -2.20. The van der Waals surface area contributed by atoms with Crippen molar-refractivity contribution in [1.82, 2.24) is 0 Å². The molecule has 0 radical (unpaired) electrons. The lowest BCUT2D eigenvalue weighted by Crippen LogP contribution is -2.27. The number of fused-ring (bicyclic) bond motifs is 1. The van der Waals surface area contributed by atoms with Crippen LogP contribution in [-0.4, -0.2) is 22.8 Å². The molecule has 1 heterocycles. The van der Waals surface area contributed by atoms with Gasteiger partial charge in [-0.05, 0) is 19.4 Å². The molecule has 2 amide bonds. The normalized spacial score (nSPS) is 25.4. The zero-order valence-electron chi connectivity index (χ0n) is 10.9. The minimum absolute atomic E-state index is 0.0772. The summed E-state index contributed by atoms with van der Waals surface area (Å²) in [5.41, 5.74) is 0.00877. The maximum absolute atomic E-state index is 12.2. The van der Waals surface area contributed by atoms with Gasteiger partial charge in [0.15, 0.2) is 6.61 Å². The van der Waals surface area contributed by atoms with Crippen molar-refractivity contribution in [3.05, 3.63) is 17.2 Å². The molecule has 8 heteroatoms. The first-order valence-corrected chi connectivity index (χ1v) is 7.32. The minimum atomic E-state index is -1.05. The molecule has 2 aliphatic rings. The summed E-state index contributed by atoms with van der Waals surface area (Å²) in [6.07, 6.45) is 0.379. The highest BCUT2D eigenvalue weighted by atomic mass is 35.5. The molecule has 1 aromatic carbocycles. The monoisotopic (exact) mass is 348 g/mol. The van der Waals surface area contributed by atoms with Gasteiger partial charge in [-0.25, -0.2) is 0 Å². The maximum atomic E-state index is 12.2. The molecule has 0 saturated heterocycles. The van der Waals surface area contributed by atoms with E-state index in [1.165, 1.54) is 6.07 Å². The minimum Gasteiger partial charge on any atom is -0.482 e. The summed E-state index contributed by atoms with van der Waals surface area (Å²) in [5.74, 6) is -0.123. The van der Waals surface area contributed by atoms with Crippen LogP contribution in [0, 0.1) is 5.41 Å². The first-order chi connectivity index (χ1) is 9.73. The molecule has 0 aromatic heterocycles. The third kappa shape index (κ3) is 2.43. The van der Waals surface area contributed by atoms with Crippen molar-refractivity contribution in [2.45, 2.75) is 17.7 Å². The zero-order valence-corrected chi connectivity index (χ0v) is 13.2. The van der Waals surface area contributed by atoms with E-state index in [0.717, 1.165) is 0 Å². The fourth-order valence-corrected chi connectivity index (χ4v) is 3.02. The molecule has 1 aliphatic heterocycles. The smallest absolute Gasteiger partial charge is 0.262 e. The van der Waals surface area contributed by atoms with Crippen molar-refractivity contribution >= 4 is 58.0 Å². The van der Waals surface area contributed by atoms with E-state index in [-0.39, 0.29) is 23.4 Å².